The van der Waals surface area contributed by atoms with Crippen LogP contribution < -0.4 is 10.6 Å². The molecule has 5 heteroatoms. The first-order valence-corrected chi connectivity index (χ1v) is 7.79. The number of rotatable bonds is 2. The molecule has 4 nitrogen and oxygen atoms in total. The van der Waals surface area contributed by atoms with Gasteiger partial charge in [-0.15, -0.1) is 11.3 Å². The third-order valence-electron chi connectivity index (χ3n) is 3.61. The summed E-state index contributed by atoms with van der Waals surface area (Å²) in [4.78, 5) is 18.2. The fourth-order valence-corrected chi connectivity index (χ4v) is 3.56. The smallest absolute Gasteiger partial charge is 0.265 e. The number of nitrogens with zero attached hydrogens (tertiary/aromatic N) is 1. The summed E-state index contributed by atoms with van der Waals surface area (Å²) >= 11 is 1.49. The molecule has 22 heavy (non-hydrogen) atoms. The van der Waals surface area contributed by atoms with Gasteiger partial charge in [0.05, 0.1) is 5.69 Å². The highest BCUT2D eigenvalue weighted by Crippen LogP contribution is 2.38. The molecule has 2 aromatic heterocycles. The molecule has 1 aliphatic heterocycles. The molecule has 4 rings (SSSR count). The van der Waals surface area contributed by atoms with Crippen molar-refractivity contribution >= 4 is 22.9 Å². The van der Waals surface area contributed by atoms with Gasteiger partial charge in [0.15, 0.2) is 0 Å². The third-order valence-corrected chi connectivity index (χ3v) is 4.79. The zero-order valence-electron chi connectivity index (χ0n) is 11.6. The Balaban J connectivity index is 1.70. The zero-order chi connectivity index (χ0) is 14.9. The minimum absolute atomic E-state index is 0.0343. The van der Waals surface area contributed by atoms with E-state index in [2.05, 4.69) is 15.6 Å². The average Bonchev–Trinajstić information content (AvgIpc) is 3.01. The van der Waals surface area contributed by atoms with Crippen LogP contribution in [0, 0.1) is 0 Å². The standard InChI is InChI=1S/C17H13N3OS/c21-17-15-13(10-14(22-15)11-6-8-18-9-7-11)19-16(20-17)12-4-2-1-3-5-12/h1-10,16,19H,(H,20,21). The summed E-state index contributed by atoms with van der Waals surface area (Å²) in [5.41, 5.74) is 2.99. The predicted octanol–water partition coefficient (Wildman–Crippen LogP) is 3.66. The fraction of sp³-hybridized carbons (Fsp3) is 0.0588. The van der Waals surface area contributed by atoms with Gasteiger partial charge in [-0.05, 0) is 29.3 Å². The van der Waals surface area contributed by atoms with Crippen LogP contribution in [0.1, 0.15) is 21.4 Å². The van der Waals surface area contributed by atoms with E-state index in [0.29, 0.717) is 0 Å². The summed E-state index contributed by atoms with van der Waals surface area (Å²) < 4.78 is 0. The number of hydrogen-bond donors (Lipinski definition) is 2. The molecule has 1 amide bonds. The van der Waals surface area contributed by atoms with Gasteiger partial charge in [-0.25, -0.2) is 0 Å². The third kappa shape index (κ3) is 2.25. The molecule has 1 aliphatic rings. The number of carbonyl (C=O) groups is 1. The molecular weight excluding hydrogens is 294 g/mol. The Morgan fingerprint density at radius 3 is 2.55 bits per heavy atom. The van der Waals surface area contributed by atoms with Crippen molar-refractivity contribution in [3.8, 4) is 10.4 Å². The van der Waals surface area contributed by atoms with Crippen LogP contribution >= 0.6 is 11.3 Å². The molecule has 0 saturated carbocycles. The van der Waals surface area contributed by atoms with Crippen LogP contribution in [0.2, 0.25) is 0 Å². The Morgan fingerprint density at radius 2 is 1.77 bits per heavy atom. The second-order valence-corrected chi connectivity index (χ2v) is 6.10. The maximum absolute atomic E-state index is 12.4. The van der Waals surface area contributed by atoms with Crippen molar-refractivity contribution in [3.63, 3.8) is 0 Å². The van der Waals surface area contributed by atoms with Gasteiger partial charge in [0.1, 0.15) is 11.0 Å². The van der Waals surface area contributed by atoms with Gasteiger partial charge in [-0.3, -0.25) is 9.78 Å². The maximum Gasteiger partial charge on any atom is 0.265 e. The van der Waals surface area contributed by atoms with Gasteiger partial charge >= 0.3 is 0 Å². The highest BCUT2D eigenvalue weighted by molar-refractivity contribution is 7.18. The Hall–Kier alpha value is -2.66. The lowest BCUT2D eigenvalue weighted by atomic mass is 10.1. The lowest BCUT2D eigenvalue weighted by Crippen LogP contribution is -2.37. The number of aromatic nitrogens is 1. The van der Waals surface area contributed by atoms with Crippen molar-refractivity contribution in [2.24, 2.45) is 0 Å². The Labute approximate surface area is 131 Å². The fourth-order valence-electron chi connectivity index (χ4n) is 2.53. The van der Waals surface area contributed by atoms with Gasteiger partial charge in [0.25, 0.3) is 5.91 Å². The Kier molecular flexibility index (Phi) is 3.12. The van der Waals surface area contributed by atoms with Crippen molar-refractivity contribution in [2.45, 2.75) is 6.17 Å². The average molecular weight is 307 g/mol. The van der Waals surface area contributed by atoms with Gasteiger partial charge in [0.2, 0.25) is 0 Å². The van der Waals surface area contributed by atoms with Crippen molar-refractivity contribution < 1.29 is 4.79 Å². The number of anilines is 1. The summed E-state index contributed by atoms with van der Waals surface area (Å²) in [6.45, 7) is 0. The van der Waals surface area contributed by atoms with E-state index < -0.39 is 0 Å². The maximum atomic E-state index is 12.4. The summed E-state index contributed by atoms with van der Waals surface area (Å²) in [6.07, 6.45) is 3.32. The molecule has 1 unspecified atom stereocenters. The summed E-state index contributed by atoms with van der Waals surface area (Å²) in [7, 11) is 0. The van der Waals surface area contributed by atoms with Crippen molar-refractivity contribution in [3.05, 3.63) is 71.4 Å². The van der Waals surface area contributed by atoms with Crippen LogP contribution in [0.4, 0.5) is 5.69 Å². The SMILES string of the molecule is O=C1NC(c2ccccc2)Nc2cc(-c3ccncc3)sc21. The molecule has 0 bridgehead atoms. The molecule has 1 atom stereocenters. The highest BCUT2D eigenvalue weighted by atomic mass is 32.1. The van der Waals surface area contributed by atoms with E-state index in [1.807, 2.05) is 48.5 Å². The molecule has 1 aromatic carbocycles. The lowest BCUT2D eigenvalue weighted by molar-refractivity contribution is 0.0940. The number of pyridine rings is 1. The van der Waals surface area contributed by atoms with Crippen LogP contribution in [-0.2, 0) is 0 Å². The number of nitrogens with one attached hydrogen (secondary N) is 2. The molecular formula is C17H13N3OS. The van der Waals surface area contributed by atoms with Crippen LogP contribution in [0.25, 0.3) is 10.4 Å². The number of benzene rings is 1. The largest absolute Gasteiger partial charge is 0.360 e. The van der Waals surface area contributed by atoms with Gasteiger partial charge in [0, 0.05) is 17.3 Å². The van der Waals surface area contributed by atoms with Crippen LogP contribution in [0.5, 0.6) is 0 Å². The molecule has 108 valence electrons. The molecule has 0 aliphatic carbocycles. The Bertz CT molecular complexity index is 814. The first-order chi connectivity index (χ1) is 10.8. The zero-order valence-corrected chi connectivity index (χ0v) is 12.4. The van der Waals surface area contributed by atoms with E-state index in [0.717, 1.165) is 26.6 Å². The summed E-state index contributed by atoms with van der Waals surface area (Å²) in [5, 5.41) is 6.40. The van der Waals surface area contributed by atoms with E-state index in [-0.39, 0.29) is 12.1 Å². The van der Waals surface area contributed by atoms with Crippen LogP contribution in [0.3, 0.4) is 0 Å². The summed E-state index contributed by atoms with van der Waals surface area (Å²) in [6, 6.07) is 15.8. The highest BCUT2D eigenvalue weighted by Gasteiger charge is 2.27. The summed E-state index contributed by atoms with van der Waals surface area (Å²) in [5.74, 6) is -0.0343. The second kappa shape index (κ2) is 5.27. The van der Waals surface area contributed by atoms with E-state index in [4.69, 9.17) is 0 Å². The topological polar surface area (TPSA) is 54.0 Å². The minimum Gasteiger partial charge on any atom is -0.360 e. The molecule has 2 N–H and O–H groups in total. The number of hydrogen-bond acceptors (Lipinski definition) is 4. The van der Waals surface area contributed by atoms with Gasteiger partial charge < -0.3 is 10.6 Å². The molecule has 0 saturated heterocycles. The lowest BCUT2D eigenvalue weighted by Gasteiger charge is -2.25. The number of thiophene rings is 1. The van der Waals surface area contributed by atoms with Gasteiger partial charge in [-0.2, -0.15) is 0 Å². The predicted molar refractivity (Wildman–Crippen MR) is 87.8 cm³/mol. The molecule has 0 spiro atoms. The molecule has 3 heterocycles. The van der Waals surface area contributed by atoms with Crippen LogP contribution in [0.15, 0.2) is 60.9 Å². The minimum atomic E-state index is -0.193. The molecule has 0 fully saturated rings. The van der Waals surface area contributed by atoms with Crippen molar-refractivity contribution in [2.75, 3.05) is 5.32 Å². The quantitative estimate of drug-likeness (QED) is 0.759. The number of carbonyl (C=O) groups excluding carboxylic acids is 1. The van der Waals surface area contributed by atoms with Crippen molar-refractivity contribution in [1.82, 2.24) is 10.3 Å². The van der Waals surface area contributed by atoms with E-state index >= 15 is 0 Å². The van der Waals surface area contributed by atoms with Gasteiger partial charge in [-0.1, -0.05) is 30.3 Å². The molecule has 0 radical (unpaired) electrons. The Morgan fingerprint density at radius 1 is 1.00 bits per heavy atom. The normalized spacial score (nSPS) is 16.5. The number of fused-ring (bicyclic) bond motifs is 1. The van der Waals surface area contributed by atoms with Crippen molar-refractivity contribution in [1.29, 1.82) is 0 Å². The van der Waals surface area contributed by atoms with Crippen LogP contribution in [-0.4, -0.2) is 10.9 Å². The monoisotopic (exact) mass is 307 g/mol. The first-order valence-electron chi connectivity index (χ1n) is 6.98. The molecule has 3 aromatic rings. The second-order valence-electron chi connectivity index (χ2n) is 5.05. The first kappa shape index (κ1) is 13.0. The number of amides is 1. The van der Waals surface area contributed by atoms with E-state index in [9.17, 15) is 4.79 Å². The van der Waals surface area contributed by atoms with E-state index in [1.54, 1.807) is 12.4 Å². The van der Waals surface area contributed by atoms with E-state index in [1.165, 1.54) is 11.3 Å².